The van der Waals surface area contributed by atoms with E-state index in [1.807, 2.05) is 6.07 Å². The minimum Gasteiger partial charge on any atom is -0.496 e. The van der Waals surface area contributed by atoms with Crippen LogP contribution in [0.3, 0.4) is 0 Å². The second kappa shape index (κ2) is 9.12. The third-order valence-corrected chi connectivity index (χ3v) is 4.71. The largest absolute Gasteiger partial charge is 0.496 e. The minimum atomic E-state index is -0.856. The zero-order valence-corrected chi connectivity index (χ0v) is 17.0. The summed E-state index contributed by atoms with van der Waals surface area (Å²) in [6, 6.07) is 15.3. The Morgan fingerprint density at radius 2 is 1.65 bits per heavy atom. The van der Waals surface area contributed by atoms with Gasteiger partial charge in [0.25, 0.3) is 5.56 Å². The molecule has 0 aliphatic heterocycles. The van der Waals surface area contributed by atoms with Crippen molar-refractivity contribution in [3.05, 3.63) is 92.1 Å². The summed E-state index contributed by atoms with van der Waals surface area (Å²) in [5.74, 6) is -1.61. The summed E-state index contributed by atoms with van der Waals surface area (Å²) < 4.78 is 12.1. The van der Waals surface area contributed by atoms with Gasteiger partial charge in [0.2, 0.25) is 5.78 Å². The lowest BCUT2D eigenvalue weighted by molar-refractivity contribution is 0.0471. The topological polar surface area (TPSA) is 123 Å². The third kappa shape index (κ3) is 4.40. The second-order valence-corrected chi connectivity index (χ2v) is 6.68. The van der Waals surface area contributed by atoms with Gasteiger partial charge in [-0.1, -0.05) is 42.5 Å². The summed E-state index contributed by atoms with van der Waals surface area (Å²) >= 11 is 0. The van der Waals surface area contributed by atoms with Crippen molar-refractivity contribution in [1.82, 2.24) is 9.13 Å². The molecule has 2 N–H and O–H groups in total. The number of ether oxygens (including phenoxy) is 2. The maximum Gasteiger partial charge on any atom is 0.342 e. The number of benzene rings is 2. The van der Waals surface area contributed by atoms with Crippen molar-refractivity contribution in [2.75, 3.05) is 19.5 Å². The van der Waals surface area contributed by atoms with Gasteiger partial charge in [0.15, 0.2) is 6.61 Å². The molecule has 9 nitrogen and oxygen atoms in total. The summed E-state index contributed by atoms with van der Waals surface area (Å²) in [4.78, 5) is 50.2. The summed E-state index contributed by atoms with van der Waals surface area (Å²) in [6.07, 6.45) is 0. The second-order valence-electron chi connectivity index (χ2n) is 6.68. The van der Waals surface area contributed by atoms with Gasteiger partial charge in [-0.05, 0) is 17.7 Å². The number of methoxy groups -OCH3 is 1. The quantitative estimate of drug-likeness (QED) is 0.448. The Balaban J connectivity index is 1.89. The average Bonchev–Trinajstić information content (AvgIpc) is 2.79. The van der Waals surface area contributed by atoms with Crippen molar-refractivity contribution in [3.8, 4) is 5.75 Å². The van der Waals surface area contributed by atoms with Crippen LogP contribution < -0.4 is 21.7 Å². The lowest BCUT2D eigenvalue weighted by Crippen LogP contribution is -2.43. The molecule has 0 atom stereocenters. The van der Waals surface area contributed by atoms with Crippen molar-refractivity contribution >= 4 is 17.6 Å². The molecule has 0 amide bonds. The molecule has 0 spiro atoms. The van der Waals surface area contributed by atoms with E-state index >= 15 is 0 Å². The number of aromatic nitrogens is 2. The first kappa shape index (κ1) is 21.6. The molecule has 9 heteroatoms. The van der Waals surface area contributed by atoms with E-state index in [-0.39, 0.29) is 23.7 Å². The van der Waals surface area contributed by atoms with E-state index in [1.54, 1.807) is 42.5 Å². The number of carbonyl (C=O) groups excluding carboxylic acids is 2. The molecule has 2 aromatic carbocycles. The van der Waals surface area contributed by atoms with Crippen molar-refractivity contribution in [1.29, 1.82) is 0 Å². The standard InChI is InChI=1S/C22H21N3O6/c1-24-20(27)18(19(23)25(22(24)29)12-14-8-4-3-5-9-14)16(26)13-31-21(28)15-10-6-7-11-17(15)30-2/h3-11H,12-13,23H2,1-2H3. The molecule has 0 radical (unpaired) electrons. The van der Waals surface area contributed by atoms with Gasteiger partial charge in [0.1, 0.15) is 22.7 Å². The zero-order chi connectivity index (χ0) is 22.5. The van der Waals surface area contributed by atoms with Crippen LogP contribution in [-0.4, -0.2) is 34.6 Å². The monoisotopic (exact) mass is 423 g/mol. The number of rotatable bonds is 7. The Morgan fingerprint density at radius 3 is 2.32 bits per heavy atom. The van der Waals surface area contributed by atoms with Crippen LogP contribution in [0.5, 0.6) is 5.75 Å². The van der Waals surface area contributed by atoms with Crippen molar-refractivity contribution < 1.29 is 19.1 Å². The first-order valence-corrected chi connectivity index (χ1v) is 9.31. The lowest BCUT2D eigenvalue weighted by atomic mass is 10.1. The van der Waals surface area contributed by atoms with E-state index in [1.165, 1.54) is 20.2 Å². The number of Topliss-reactive ketones (excluding diaryl/α,β-unsaturated/α-hetero) is 1. The fourth-order valence-corrected chi connectivity index (χ4v) is 3.06. The maximum absolute atomic E-state index is 12.7. The molecule has 1 heterocycles. The Labute approximate surface area is 177 Å². The number of hydrogen-bond donors (Lipinski definition) is 1. The van der Waals surface area contributed by atoms with Crippen LogP contribution in [0.1, 0.15) is 26.3 Å². The van der Waals surface area contributed by atoms with Crippen LogP contribution in [0.4, 0.5) is 5.82 Å². The van der Waals surface area contributed by atoms with Crippen molar-refractivity contribution in [3.63, 3.8) is 0 Å². The van der Waals surface area contributed by atoms with Crippen molar-refractivity contribution in [2.24, 2.45) is 7.05 Å². The molecular weight excluding hydrogens is 402 g/mol. The molecule has 0 aliphatic rings. The van der Waals surface area contributed by atoms with E-state index in [4.69, 9.17) is 15.2 Å². The van der Waals surface area contributed by atoms with Gasteiger partial charge in [-0.15, -0.1) is 0 Å². The fraction of sp³-hybridized carbons (Fsp3) is 0.182. The Hall–Kier alpha value is -4.14. The lowest BCUT2D eigenvalue weighted by Gasteiger charge is -2.15. The number of ketones is 1. The molecule has 31 heavy (non-hydrogen) atoms. The van der Waals surface area contributed by atoms with Gasteiger partial charge < -0.3 is 15.2 Å². The summed E-state index contributed by atoms with van der Waals surface area (Å²) in [6.45, 7) is -0.652. The number of carbonyl (C=O) groups is 2. The van der Waals surface area contributed by atoms with Gasteiger partial charge in [0.05, 0.1) is 13.7 Å². The van der Waals surface area contributed by atoms with Crippen LogP contribution in [0.2, 0.25) is 0 Å². The maximum atomic E-state index is 12.7. The normalized spacial score (nSPS) is 10.5. The van der Waals surface area contributed by atoms with E-state index in [2.05, 4.69) is 0 Å². The van der Waals surface area contributed by atoms with E-state index < -0.39 is 35.2 Å². The van der Waals surface area contributed by atoms with Crippen molar-refractivity contribution in [2.45, 2.75) is 6.54 Å². The van der Waals surface area contributed by atoms with Crippen LogP contribution in [0, 0.1) is 0 Å². The highest BCUT2D eigenvalue weighted by molar-refractivity contribution is 6.02. The highest BCUT2D eigenvalue weighted by atomic mass is 16.5. The minimum absolute atomic E-state index is 0.0703. The highest BCUT2D eigenvalue weighted by Crippen LogP contribution is 2.18. The van der Waals surface area contributed by atoms with E-state index in [0.717, 1.165) is 14.7 Å². The smallest absolute Gasteiger partial charge is 0.342 e. The molecule has 0 aliphatic carbocycles. The number of nitrogens with zero attached hydrogens (tertiary/aromatic N) is 2. The third-order valence-electron chi connectivity index (χ3n) is 4.71. The Kier molecular flexibility index (Phi) is 6.35. The number of nitrogens with two attached hydrogens (primary N) is 1. The van der Waals surface area contributed by atoms with Crippen LogP contribution >= 0.6 is 0 Å². The van der Waals surface area contributed by atoms with Crippen LogP contribution in [0.25, 0.3) is 0 Å². The van der Waals surface area contributed by atoms with Gasteiger partial charge in [-0.25, -0.2) is 9.59 Å². The number of nitrogen functional groups attached to an aromatic ring is 1. The first-order valence-electron chi connectivity index (χ1n) is 9.31. The molecule has 0 bridgehead atoms. The fourth-order valence-electron chi connectivity index (χ4n) is 3.06. The van der Waals surface area contributed by atoms with Gasteiger partial charge >= 0.3 is 11.7 Å². The predicted octanol–water partition coefficient (Wildman–Crippen LogP) is 1.23. The van der Waals surface area contributed by atoms with E-state index in [0.29, 0.717) is 0 Å². The average molecular weight is 423 g/mol. The van der Waals surface area contributed by atoms with Gasteiger partial charge in [-0.2, -0.15) is 0 Å². The number of hydrogen-bond acceptors (Lipinski definition) is 7. The molecule has 0 saturated carbocycles. The number of esters is 1. The molecule has 0 fully saturated rings. The summed E-state index contributed by atoms with van der Waals surface area (Å²) in [5.41, 5.74) is 5.00. The first-order chi connectivity index (χ1) is 14.8. The van der Waals surface area contributed by atoms with Gasteiger partial charge in [0, 0.05) is 7.05 Å². The van der Waals surface area contributed by atoms with Gasteiger partial charge in [-0.3, -0.25) is 18.7 Å². The highest BCUT2D eigenvalue weighted by Gasteiger charge is 2.23. The SMILES string of the molecule is COc1ccccc1C(=O)OCC(=O)c1c(N)n(Cc2ccccc2)c(=O)n(C)c1=O. The van der Waals surface area contributed by atoms with E-state index in [9.17, 15) is 19.2 Å². The Morgan fingerprint density at radius 1 is 1.00 bits per heavy atom. The van der Waals surface area contributed by atoms with Crippen LogP contribution in [-0.2, 0) is 18.3 Å². The molecule has 160 valence electrons. The van der Waals surface area contributed by atoms with Crippen LogP contribution in [0.15, 0.2) is 64.2 Å². The summed E-state index contributed by atoms with van der Waals surface area (Å²) in [5, 5.41) is 0. The molecule has 3 aromatic rings. The number of para-hydroxylation sites is 1. The zero-order valence-electron chi connectivity index (χ0n) is 17.0. The molecular formula is C22H21N3O6. The predicted molar refractivity (Wildman–Crippen MR) is 114 cm³/mol. The number of anilines is 1. The molecule has 3 rings (SSSR count). The molecule has 0 saturated heterocycles. The molecule has 0 unspecified atom stereocenters. The summed E-state index contributed by atoms with van der Waals surface area (Å²) in [7, 11) is 2.65. The molecule has 1 aromatic heterocycles. The Bertz CT molecular complexity index is 1240.